The highest BCUT2D eigenvalue weighted by molar-refractivity contribution is 5.91. The van der Waals surface area contributed by atoms with Crippen LogP contribution in [0.3, 0.4) is 0 Å². The van der Waals surface area contributed by atoms with Crippen molar-refractivity contribution in [2.45, 2.75) is 64.2 Å². The third-order valence-corrected chi connectivity index (χ3v) is 6.79. The normalized spacial score (nSPS) is 15.0. The summed E-state index contributed by atoms with van der Waals surface area (Å²) in [5.74, 6) is -19.6. The topological polar surface area (TPSA) is 26.3 Å². The Kier molecular flexibility index (Phi) is 7.78. The van der Waals surface area contributed by atoms with Crippen molar-refractivity contribution < 1.29 is 44.7 Å². The molecule has 39 heavy (non-hydrogen) atoms. The van der Waals surface area contributed by atoms with Crippen molar-refractivity contribution in [2.24, 2.45) is 0 Å². The molecule has 208 valence electrons. The molecule has 0 atom stereocenters. The van der Waals surface area contributed by atoms with Crippen LogP contribution in [0, 0.1) is 23.3 Å². The minimum atomic E-state index is -5.23. The first kappa shape index (κ1) is 28.6. The fourth-order valence-corrected chi connectivity index (χ4v) is 4.75. The van der Waals surface area contributed by atoms with Crippen LogP contribution in [0.4, 0.5) is 35.1 Å². The van der Waals surface area contributed by atoms with E-state index in [1.54, 1.807) is 6.92 Å². The third-order valence-electron chi connectivity index (χ3n) is 6.79. The Bertz CT molecular complexity index is 1430. The lowest BCUT2D eigenvalue weighted by molar-refractivity contribution is -0.227. The SMILES string of the molecule is CCCCCc1ccc(C(=O)Oc2ccc3c(c2F)C(F)(F)C(F)(F)c2c-3ccc(CCC)c2F)c(F)c1F. The number of benzene rings is 3. The summed E-state index contributed by atoms with van der Waals surface area (Å²) in [5.41, 5.74) is -5.82. The number of hydrogen-bond donors (Lipinski definition) is 0. The van der Waals surface area contributed by atoms with E-state index >= 15 is 22.0 Å². The van der Waals surface area contributed by atoms with Crippen molar-refractivity contribution in [2.75, 3.05) is 0 Å². The van der Waals surface area contributed by atoms with Gasteiger partial charge in [0.15, 0.2) is 23.2 Å². The second-order valence-corrected chi connectivity index (χ2v) is 9.41. The Hall–Kier alpha value is -3.43. The molecular formula is C29H24F8O2. The van der Waals surface area contributed by atoms with Crippen molar-refractivity contribution in [3.8, 4) is 16.9 Å². The average Bonchev–Trinajstić information content (AvgIpc) is 2.87. The van der Waals surface area contributed by atoms with E-state index in [0.29, 0.717) is 18.9 Å². The number of carbonyl (C=O) groups excluding carboxylic acids is 1. The maximum absolute atomic E-state index is 15.3. The minimum absolute atomic E-state index is 0.00678. The molecule has 0 saturated carbocycles. The quantitative estimate of drug-likeness (QED) is 0.120. The number of aryl methyl sites for hydroxylation is 2. The van der Waals surface area contributed by atoms with Gasteiger partial charge in [0.05, 0.1) is 16.7 Å². The second-order valence-electron chi connectivity index (χ2n) is 9.41. The molecule has 4 rings (SSSR count). The number of alkyl halides is 4. The summed E-state index contributed by atoms with van der Waals surface area (Å²) in [7, 11) is 0. The second kappa shape index (κ2) is 10.6. The first-order valence-corrected chi connectivity index (χ1v) is 12.5. The van der Waals surface area contributed by atoms with Crippen LogP contribution in [0.25, 0.3) is 11.1 Å². The van der Waals surface area contributed by atoms with Gasteiger partial charge in [0, 0.05) is 0 Å². The van der Waals surface area contributed by atoms with Gasteiger partial charge in [-0.2, -0.15) is 17.6 Å². The van der Waals surface area contributed by atoms with Gasteiger partial charge in [0.2, 0.25) is 0 Å². The van der Waals surface area contributed by atoms with Crippen molar-refractivity contribution in [3.63, 3.8) is 0 Å². The van der Waals surface area contributed by atoms with Gasteiger partial charge < -0.3 is 4.74 Å². The van der Waals surface area contributed by atoms with Crippen molar-refractivity contribution in [1.82, 2.24) is 0 Å². The summed E-state index contributed by atoms with van der Waals surface area (Å²) in [4.78, 5) is 12.5. The van der Waals surface area contributed by atoms with Crippen LogP contribution in [0.1, 0.15) is 72.1 Å². The van der Waals surface area contributed by atoms with Gasteiger partial charge in [-0.3, -0.25) is 0 Å². The molecule has 0 aromatic heterocycles. The lowest BCUT2D eigenvalue weighted by Crippen LogP contribution is -2.41. The fraction of sp³-hybridized carbons (Fsp3) is 0.345. The highest BCUT2D eigenvalue weighted by atomic mass is 19.3. The van der Waals surface area contributed by atoms with Gasteiger partial charge in [0.1, 0.15) is 5.82 Å². The molecule has 0 radical (unpaired) electrons. The van der Waals surface area contributed by atoms with E-state index in [4.69, 9.17) is 4.74 Å². The largest absolute Gasteiger partial charge is 0.420 e. The molecule has 0 N–H and O–H groups in total. The molecule has 0 fully saturated rings. The molecule has 10 heteroatoms. The van der Waals surface area contributed by atoms with Gasteiger partial charge in [0.25, 0.3) is 0 Å². The van der Waals surface area contributed by atoms with Gasteiger partial charge in [-0.05, 0) is 59.7 Å². The Labute approximate surface area is 219 Å². The fourth-order valence-electron chi connectivity index (χ4n) is 4.75. The molecule has 0 aliphatic heterocycles. The number of halogens is 8. The van der Waals surface area contributed by atoms with E-state index < -0.39 is 74.7 Å². The summed E-state index contributed by atoms with van der Waals surface area (Å²) >= 11 is 0. The number of unbranched alkanes of at least 4 members (excludes halogenated alkanes) is 2. The standard InChI is InChI=1S/C29H24F8O2/c1-3-5-6-8-16-10-12-19(25(32)24(16)31)27(38)39-20-14-13-18-17-11-9-15(7-4-2)23(30)21(17)28(34,35)29(36,37)22(18)26(20)33/h9-14H,3-8H2,1-2H3. The van der Waals surface area contributed by atoms with Crippen molar-refractivity contribution >= 4 is 5.97 Å². The van der Waals surface area contributed by atoms with E-state index in [1.165, 1.54) is 0 Å². The lowest BCUT2D eigenvalue weighted by Gasteiger charge is -2.35. The number of fused-ring (bicyclic) bond motifs is 3. The molecule has 0 bridgehead atoms. The highest BCUT2D eigenvalue weighted by Crippen LogP contribution is 2.60. The monoisotopic (exact) mass is 556 g/mol. The van der Waals surface area contributed by atoms with Crippen LogP contribution in [-0.4, -0.2) is 5.97 Å². The molecule has 0 saturated heterocycles. The molecule has 0 spiro atoms. The number of hydrogen-bond acceptors (Lipinski definition) is 2. The number of ether oxygens (including phenoxy) is 1. The van der Waals surface area contributed by atoms with Gasteiger partial charge >= 0.3 is 17.8 Å². The van der Waals surface area contributed by atoms with Gasteiger partial charge in [-0.15, -0.1) is 0 Å². The van der Waals surface area contributed by atoms with Gasteiger partial charge in [-0.25, -0.2) is 22.4 Å². The molecular weight excluding hydrogens is 532 g/mol. The third kappa shape index (κ3) is 4.67. The van der Waals surface area contributed by atoms with Crippen LogP contribution < -0.4 is 4.74 Å². The Balaban J connectivity index is 1.75. The Morgan fingerprint density at radius 2 is 1.23 bits per heavy atom. The molecule has 3 aromatic rings. The highest BCUT2D eigenvalue weighted by Gasteiger charge is 2.65. The number of esters is 1. The summed E-state index contributed by atoms with van der Waals surface area (Å²) < 4.78 is 124. The van der Waals surface area contributed by atoms with E-state index in [-0.39, 0.29) is 24.0 Å². The zero-order valence-corrected chi connectivity index (χ0v) is 21.0. The molecule has 1 aliphatic rings. The van der Waals surface area contributed by atoms with E-state index in [0.717, 1.165) is 43.2 Å². The van der Waals surface area contributed by atoms with Gasteiger partial charge in [-0.1, -0.05) is 51.3 Å². The van der Waals surface area contributed by atoms with E-state index in [1.807, 2.05) is 6.92 Å². The Morgan fingerprint density at radius 3 is 1.85 bits per heavy atom. The minimum Gasteiger partial charge on any atom is -0.420 e. The molecule has 3 aromatic carbocycles. The average molecular weight is 556 g/mol. The summed E-state index contributed by atoms with van der Waals surface area (Å²) in [6, 6.07) is 5.73. The molecule has 0 unspecified atom stereocenters. The predicted octanol–water partition coefficient (Wildman–Crippen LogP) is 9.01. The molecule has 2 nitrogen and oxygen atoms in total. The van der Waals surface area contributed by atoms with Crippen LogP contribution >= 0.6 is 0 Å². The number of rotatable bonds is 8. The molecule has 0 amide bonds. The maximum Gasteiger partial charge on any atom is 0.346 e. The molecule has 1 aliphatic carbocycles. The predicted molar refractivity (Wildman–Crippen MR) is 128 cm³/mol. The summed E-state index contributed by atoms with van der Waals surface area (Å²) in [5, 5.41) is 0. The maximum atomic E-state index is 15.3. The van der Waals surface area contributed by atoms with Crippen LogP contribution in [0.15, 0.2) is 36.4 Å². The summed E-state index contributed by atoms with van der Waals surface area (Å²) in [6.07, 6.45) is 2.77. The van der Waals surface area contributed by atoms with Crippen LogP contribution in [0.2, 0.25) is 0 Å². The summed E-state index contributed by atoms with van der Waals surface area (Å²) in [6.45, 7) is 3.58. The van der Waals surface area contributed by atoms with Crippen LogP contribution in [0.5, 0.6) is 5.75 Å². The zero-order chi connectivity index (χ0) is 28.7. The van der Waals surface area contributed by atoms with Crippen molar-refractivity contribution in [1.29, 1.82) is 0 Å². The van der Waals surface area contributed by atoms with Crippen molar-refractivity contribution in [3.05, 3.63) is 87.5 Å². The van der Waals surface area contributed by atoms with E-state index in [2.05, 4.69) is 0 Å². The number of carbonyl (C=O) groups is 1. The zero-order valence-electron chi connectivity index (χ0n) is 21.0. The smallest absolute Gasteiger partial charge is 0.346 e. The van der Waals surface area contributed by atoms with Crippen LogP contribution in [-0.2, 0) is 24.7 Å². The first-order chi connectivity index (χ1) is 18.4. The van der Waals surface area contributed by atoms with E-state index in [9.17, 15) is 18.0 Å². The lowest BCUT2D eigenvalue weighted by atomic mass is 9.79. The Morgan fingerprint density at radius 1 is 0.667 bits per heavy atom. The first-order valence-electron chi connectivity index (χ1n) is 12.5. The molecule has 0 heterocycles.